The molecule has 0 aliphatic carbocycles. The van der Waals surface area contributed by atoms with Crippen LogP contribution in [0.25, 0.3) is 0 Å². The van der Waals surface area contributed by atoms with E-state index in [0.29, 0.717) is 23.9 Å². The Morgan fingerprint density at radius 1 is 1.43 bits per heavy atom. The van der Waals surface area contributed by atoms with Gasteiger partial charge in [-0.2, -0.15) is 0 Å². The fraction of sp³-hybridized carbons (Fsp3) is 0.556. The van der Waals surface area contributed by atoms with E-state index in [1.54, 1.807) is 0 Å². The number of hydrogen-bond donors (Lipinski definition) is 0. The van der Waals surface area contributed by atoms with Crippen molar-refractivity contribution in [2.24, 2.45) is 0 Å². The van der Waals surface area contributed by atoms with Gasteiger partial charge in [0.25, 0.3) is 0 Å². The van der Waals surface area contributed by atoms with Crippen molar-refractivity contribution in [2.45, 2.75) is 19.0 Å². The van der Waals surface area contributed by atoms with Gasteiger partial charge < -0.3 is 4.90 Å². The smallest absolute Gasteiger partial charge is 0.225 e. The average molecular weight is 216 g/mol. The van der Waals surface area contributed by atoms with Crippen LogP contribution in [-0.2, 0) is 0 Å². The second kappa shape index (κ2) is 4.09. The maximum Gasteiger partial charge on any atom is 0.225 e. The minimum Gasteiger partial charge on any atom is -0.338 e. The zero-order valence-corrected chi connectivity index (χ0v) is 8.41. The summed E-state index contributed by atoms with van der Waals surface area (Å²) in [7, 11) is 0. The largest absolute Gasteiger partial charge is 0.338 e. The van der Waals surface area contributed by atoms with Gasteiger partial charge in [0.15, 0.2) is 0 Å². The Balaban J connectivity index is 2.10. The first-order valence-electron chi connectivity index (χ1n) is 4.62. The molecule has 1 aliphatic heterocycles. The Kier molecular flexibility index (Phi) is 2.82. The summed E-state index contributed by atoms with van der Waals surface area (Å²) in [5.74, 6) is 0.566. The SMILES string of the molecule is FC1CCCN(c2ncc(Cl)cn2)C1. The minimum atomic E-state index is -0.761. The fourth-order valence-corrected chi connectivity index (χ4v) is 1.67. The zero-order valence-electron chi connectivity index (χ0n) is 7.66. The lowest BCUT2D eigenvalue weighted by molar-refractivity contribution is 0.285. The third-order valence-corrected chi connectivity index (χ3v) is 2.45. The summed E-state index contributed by atoms with van der Waals surface area (Å²) in [5, 5.41) is 0.502. The molecule has 1 unspecified atom stereocenters. The highest BCUT2D eigenvalue weighted by Crippen LogP contribution is 2.18. The van der Waals surface area contributed by atoms with Crippen LogP contribution >= 0.6 is 11.6 Å². The predicted octanol–water partition coefficient (Wildman–Crippen LogP) is 2.07. The first-order chi connectivity index (χ1) is 6.75. The molecule has 5 heteroatoms. The number of halogens is 2. The molecular formula is C9H11ClFN3. The van der Waals surface area contributed by atoms with E-state index in [1.807, 2.05) is 4.90 Å². The number of rotatable bonds is 1. The molecule has 14 heavy (non-hydrogen) atoms. The van der Waals surface area contributed by atoms with Crippen LogP contribution in [0.1, 0.15) is 12.8 Å². The summed E-state index contributed by atoms with van der Waals surface area (Å²) in [6.45, 7) is 1.21. The monoisotopic (exact) mass is 215 g/mol. The molecule has 1 saturated heterocycles. The van der Waals surface area contributed by atoms with Crippen molar-refractivity contribution in [3.8, 4) is 0 Å². The van der Waals surface area contributed by atoms with Crippen molar-refractivity contribution < 1.29 is 4.39 Å². The van der Waals surface area contributed by atoms with Gasteiger partial charge in [0.1, 0.15) is 6.17 Å². The standard InChI is InChI=1S/C9H11ClFN3/c10-7-4-12-9(13-5-7)14-3-1-2-8(11)6-14/h4-5,8H,1-3,6H2. The van der Waals surface area contributed by atoms with Gasteiger partial charge in [-0.25, -0.2) is 14.4 Å². The average Bonchev–Trinajstić information content (AvgIpc) is 2.19. The van der Waals surface area contributed by atoms with E-state index in [-0.39, 0.29) is 0 Å². The molecule has 76 valence electrons. The van der Waals surface area contributed by atoms with Crippen LogP contribution in [0.3, 0.4) is 0 Å². The predicted molar refractivity (Wildman–Crippen MR) is 53.4 cm³/mol. The van der Waals surface area contributed by atoms with Crippen LogP contribution in [0.15, 0.2) is 12.4 Å². The van der Waals surface area contributed by atoms with Gasteiger partial charge in [-0.05, 0) is 12.8 Å². The number of aromatic nitrogens is 2. The summed E-state index contributed by atoms with van der Waals surface area (Å²) >= 11 is 5.66. The molecule has 1 aromatic rings. The van der Waals surface area contributed by atoms with Crippen molar-refractivity contribution in [2.75, 3.05) is 18.0 Å². The first kappa shape index (κ1) is 9.65. The van der Waals surface area contributed by atoms with Gasteiger partial charge >= 0.3 is 0 Å². The lowest BCUT2D eigenvalue weighted by Gasteiger charge is -2.28. The maximum atomic E-state index is 13.1. The topological polar surface area (TPSA) is 29.0 Å². The van der Waals surface area contributed by atoms with E-state index < -0.39 is 6.17 Å². The molecule has 1 fully saturated rings. The summed E-state index contributed by atoms with van der Waals surface area (Å²) in [4.78, 5) is 9.96. The van der Waals surface area contributed by atoms with Crippen molar-refractivity contribution in [3.63, 3.8) is 0 Å². The molecule has 0 amide bonds. The second-order valence-corrected chi connectivity index (χ2v) is 3.82. The Hall–Kier alpha value is -0.900. The molecule has 0 saturated carbocycles. The molecule has 1 atom stereocenters. The Morgan fingerprint density at radius 3 is 2.79 bits per heavy atom. The Labute approximate surface area is 86.9 Å². The van der Waals surface area contributed by atoms with Crippen LogP contribution in [0.5, 0.6) is 0 Å². The number of nitrogens with zero attached hydrogens (tertiary/aromatic N) is 3. The number of piperidine rings is 1. The third kappa shape index (κ3) is 2.12. The van der Waals surface area contributed by atoms with Crippen molar-refractivity contribution in [1.82, 2.24) is 9.97 Å². The van der Waals surface area contributed by atoms with Gasteiger partial charge in [0, 0.05) is 6.54 Å². The number of alkyl halides is 1. The highest BCUT2D eigenvalue weighted by Gasteiger charge is 2.20. The first-order valence-corrected chi connectivity index (χ1v) is 5.00. The Bertz CT molecular complexity index is 303. The summed E-state index contributed by atoms with van der Waals surface area (Å²) < 4.78 is 13.1. The van der Waals surface area contributed by atoms with E-state index in [2.05, 4.69) is 9.97 Å². The van der Waals surface area contributed by atoms with Crippen LogP contribution < -0.4 is 4.90 Å². The van der Waals surface area contributed by atoms with E-state index in [4.69, 9.17) is 11.6 Å². The van der Waals surface area contributed by atoms with Crippen molar-refractivity contribution in [1.29, 1.82) is 0 Å². The van der Waals surface area contributed by atoms with E-state index >= 15 is 0 Å². The van der Waals surface area contributed by atoms with Crippen LogP contribution in [-0.4, -0.2) is 29.2 Å². The number of hydrogen-bond acceptors (Lipinski definition) is 3. The van der Waals surface area contributed by atoms with Gasteiger partial charge in [-0.3, -0.25) is 0 Å². The fourth-order valence-electron chi connectivity index (χ4n) is 1.58. The highest BCUT2D eigenvalue weighted by atomic mass is 35.5. The lowest BCUT2D eigenvalue weighted by Crippen LogP contribution is -2.37. The van der Waals surface area contributed by atoms with E-state index in [0.717, 1.165) is 13.0 Å². The molecule has 1 aliphatic rings. The molecule has 2 heterocycles. The normalized spacial score (nSPS) is 22.4. The van der Waals surface area contributed by atoms with Crippen molar-refractivity contribution in [3.05, 3.63) is 17.4 Å². The van der Waals surface area contributed by atoms with Gasteiger partial charge in [-0.1, -0.05) is 11.6 Å². The van der Waals surface area contributed by atoms with Crippen LogP contribution in [0.4, 0.5) is 10.3 Å². The summed E-state index contributed by atoms with van der Waals surface area (Å²) in [6, 6.07) is 0. The molecule has 3 nitrogen and oxygen atoms in total. The minimum absolute atomic E-state index is 0.391. The molecular weight excluding hydrogens is 205 g/mol. The quantitative estimate of drug-likeness (QED) is 0.718. The summed E-state index contributed by atoms with van der Waals surface area (Å²) in [6.07, 6.45) is 3.80. The van der Waals surface area contributed by atoms with Crippen LogP contribution in [0.2, 0.25) is 5.02 Å². The maximum absolute atomic E-state index is 13.1. The zero-order chi connectivity index (χ0) is 9.97. The molecule has 2 rings (SSSR count). The van der Waals surface area contributed by atoms with Crippen molar-refractivity contribution >= 4 is 17.5 Å². The molecule has 0 N–H and O–H groups in total. The lowest BCUT2D eigenvalue weighted by atomic mass is 10.1. The summed E-state index contributed by atoms with van der Waals surface area (Å²) in [5.41, 5.74) is 0. The van der Waals surface area contributed by atoms with Gasteiger partial charge in [0.05, 0.1) is 24.0 Å². The van der Waals surface area contributed by atoms with Gasteiger partial charge in [-0.15, -0.1) is 0 Å². The molecule has 0 bridgehead atoms. The molecule has 1 aromatic heterocycles. The second-order valence-electron chi connectivity index (χ2n) is 3.39. The van der Waals surface area contributed by atoms with Gasteiger partial charge in [0.2, 0.25) is 5.95 Å². The molecule has 0 radical (unpaired) electrons. The highest BCUT2D eigenvalue weighted by molar-refractivity contribution is 6.30. The molecule has 0 aromatic carbocycles. The Morgan fingerprint density at radius 2 is 2.14 bits per heavy atom. The van der Waals surface area contributed by atoms with Crippen LogP contribution in [0, 0.1) is 0 Å². The third-order valence-electron chi connectivity index (χ3n) is 2.25. The number of anilines is 1. The molecule has 0 spiro atoms. The van der Waals surface area contributed by atoms with E-state index in [9.17, 15) is 4.39 Å². The van der Waals surface area contributed by atoms with E-state index in [1.165, 1.54) is 12.4 Å².